The van der Waals surface area contributed by atoms with Crippen molar-refractivity contribution in [3.05, 3.63) is 72.3 Å². The molecular weight excluding hydrogens is 342 g/mol. The highest BCUT2D eigenvalue weighted by atomic mass is 16.3. The van der Waals surface area contributed by atoms with Gasteiger partial charge in [-0.15, -0.1) is 0 Å². The molecule has 0 unspecified atom stereocenters. The van der Waals surface area contributed by atoms with Gasteiger partial charge in [0.2, 0.25) is 0 Å². The summed E-state index contributed by atoms with van der Waals surface area (Å²) in [6.07, 6.45) is 0. The Labute approximate surface area is 156 Å². The summed E-state index contributed by atoms with van der Waals surface area (Å²) >= 11 is 0. The van der Waals surface area contributed by atoms with Crippen LogP contribution in [0, 0.1) is 5.41 Å². The average molecular weight is 361 g/mol. The number of amidine groups is 1. The molecule has 0 spiro atoms. The van der Waals surface area contributed by atoms with Crippen molar-refractivity contribution >= 4 is 28.9 Å². The van der Waals surface area contributed by atoms with Crippen LogP contribution in [0.1, 0.15) is 5.56 Å². The lowest BCUT2D eigenvalue weighted by molar-refractivity contribution is 0.262. The Bertz CT molecular complexity index is 1000. The molecule has 0 saturated carbocycles. The lowest BCUT2D eigenvalue weighted by Gasteiger charge is -2.12. The van der Waals surface area contributed by atoms with Crippen LogP contribution in [-0.2, 0) is 0 Å². The molecule has 0 bridgehead atoms. The summed E-state index contributed by atoms with van der Waals surface area (Å²) in [6.45, 7) is 0. The molecule has 0 atom stereocenters. The summed E-state index contributed by atoms with van der Waals surface area (Å²) in [5, 5.41) is 22.5. The van der Waals surface area contributed by atoms with Gasteiger partial charge < -0.3 is 27.2 Å². The molecule has 3 aromatic rings. The first-order valence-corrected chi connectivity index (χ1v) is 8.14. The molecule has 136 valence electrons. The molecule has 0 fully saturated rings. The number of anilines is 3. The number of hydrogen-bond donors (Lipinski definition) is 6. The van der Waals surface area contributed by atoms with Gasteiger partial charge in [0.05, 0.1) is 0 Å². The molecular formula is C20H19N5O2. The van der Waals surface area contributed by atoms with Gasteiger partial charge in [0.25, 0.3) is 0 Å². The molecule has 7 heteroatoms. The van der Waals surface area contributed by atoms with Crippen molar-refractivity contribution in [3.8, 4) is 16.9 Å². The van der Waals surface area contributed by atoms with E-state index in [1.165, 1.54) is 12.1 Å². The third kappa shape index (κ3) is 4.16. The van der Waals surface area contributed by atoms with Crippen LogP contribution >= 0.6 is 0 Å². The highest BCUT2D eigenvalue weighted by Gasteiger charge is 2.11. The van der Waals surface area contributed by atoms with Crippen LogP contribution in [-0.4, -0.2) is 17.0 Å². The highest BCUT2D eigenvalue weighted by molar-refractivity contribution is 6.06. The molecule has 0 heterocycles. The number of nitrogen functional groups attached to an aromatic ring is 2. The fourth-order valence-electron chi connectivity index (χ4n) is 2.72. The van der Waals surface area contributed by atoms with Crippen molar-refractivity contribution in [2.45, 2.75) is 0 Å². The molecule has 27 heavy (non-hydrogen) atoms. The summed E-state index contributed by atoms with van der Waals surface area (Å²) in [4.78, 5) is 12.1. The molecule has 0 radical (unpaired) electrons. The Morgan fingerprint density at radius 2 is 1.59 bits per heavy atom. The van der Waals surface area contributed by atoms with Crippen LogP contribution < -0.4 is 22.1 Å². The maximum atomic E-state index is 12.1. The van der Waals surface area contributed by atoms with E-state index in [9.17, 15) is 9.90 Å². The first-order valence-electron chi connectivity index (χ1n) is 8.14. The van der Waals surface area contributed by atoms with Crippen LogP contribution in [0.5, 0.6) is 5.75 Å². The first-order chi connectivity index (χ1) is 12.9. The SMILES string of the molecule is N=C(N)c1c(N)cccc1-c1ccc(NC(=O)Nc2cccc(O)c2)cc1. The number of aromatic hydroxyl groups is 1. The van der Waals surface area contributed by atoms with Crippen molar-refractivity contribution in [1.29, 1.82) is 5.41 Å². The zero-order chi connectivity index (χ0) is 19.4. The quantitative estimate of drug-likeness (QED) is 0.240. The summed E-state index contributed by atoms with van der Waals surface area (Å²) in [6, 6.07) is 18.3. The van der Waals surface area contributed by atoms with Crippen molar-refractivity contribution in [1.82, 2.24) is 0 Å². The molecule has 0 aliphatic heterocycles. The van der Waals surface area contributed by atoms with Gasteiger partial charge in [0, 0.05) is 28.7 Å². The van der Waals surface area contributed by atoms with Crippen molar-refractivity contribution in [2.75, 3.05) is 16.4 Å². The van der Waals surface area contributed by atoms with Crippen molar-refractivity contribution < 1.29 is 9.90 Å². The highest BCUT2D eigenvalue weighted by Crippen LogP contribution is 2.28. The number of rotatable bonds is 4. The van der Waals surface area contributed by atoms with E-state index in [4.69, 9.17) is 16.9 Å². The minimum atomic E-state index is -0.429. The first kappa shape index (κ1) is 17.8. The van der Waals surface area contributed by atoms with Crippen LogP contribution in [0.25, 0.3) is 11.1 Å². The van der Waals surface area contributed by atoms with E-state index in [1.807, 2.05) is 18.2 Å². The summed E-state index contributed by atoms with van der Waals surface area (Å²) in [7, 11) is 0. The van der Waals surface area contributed by atoms with Gasteiger partial charge >= 0.3 is 6.03 Å². The number of benzene rings is 3. The molecule has 8 N–H and O–H groups in total. The Morgan fingerprint density at radius 3 is 2.26 bits per heavy atom. The second-order valence-electron chi connectivity index (χ2n) is 5.89. The minimum Gasteiger partial charge on any atom is -0.508 e. The van der Waals surface area contributed by atoms with Crippen molar-refractivity contribution in [3.63, 3.8) is 0 Å². The number of phenols is 1. The molecule has 0 aliphatic rings. The smallest absolute Gasteiger partial charge is 0.323 e. The second kappa shape index (κ2) is 7.49. The monoisotopic (exact) mass is 361 g/mol. The van der Waals surface area contributed by atoms with E-state index < -0.39 is 6.03 Å². The van der Waals surface area contributed by atoms with Gasteiger partial charge in [0.15, 0.2) is 0 Å². The average Bonchev–Trinajstić information content (AvgIpc) is 2.61. The fraction of sp³-hybridized carbons (Fsp3) is 0. The third-order valence-electron chi connectivity index (χ3n) is 3.92. The largest absolute Gasteiger partial charge is 0.508 e. The number of hydrogen-bond acceptors (Lipinski definition) is 4. The van der Waals surface area contributed by atoms with Gasteiger partial charge in [-0.1, -0.05) is 30.3 Å². The van der Waals surface area contributed by atoms with E-state index in [0.29, 0.717) is 22.6 Å². The van der Waals surface area contributed by atoms with Gasteiger partial charge in [-0.3, -0.25) is 5.41 Å². The van der Waals surface area contributed by atoms with Crippen LogP contribution in [0.3, 0.4) is 0 Å². The number of urea groups is 1. The number of phenolic OH excluding ortho intramolecular Hbond substituents is 1. The minimum absolute atomic E-state index is 0.0700. The van der Waals surface area contributed by atoms with Gasteiger partial charge in [-0.05, 0) is 41.5 Å². The Kier molecular flexibility index (Phi) is 4.94. The summed E-state index contributed by atoms with van der Waals surface area (Å²) in [5.41, 5.74) is 15.2. The van der Waals surface area contributed by atoms with E-state index in [2.05, 4.69) is 10.6 Å². The molecule has 2 amide bonds. The zero-order valence-corrected chi connectivity index (χ0v) is 14.4. The topological polar surface area (TPSA) is 137 Å². The van der Waals surface area contributed by atoms with Crippen LogP contribution in [0.2, 0.25) is 0 Å². The van der Waals surface area contributed by atoms with Gasteiger partial charge in [0.1, 0.15) is 11.6 Å². The normalized spacial score (nSPS) is 10.2. The number of carbonyl (C=O) groups is 1. The number of amides is 2. The molecule has 3 aromatic carbocycles. The number of nitrogens with two attached hydrogens (primary N) is 2. The Hall–Kier alpha value is -4.00. The van der Waals surface area contributed by atoms with E-state index in [-0.39, 0.29) is 11.6 Å². The standard InChI is InChI=1S/C20H19N5O2/c21-17-6-2-5-16(18(17)19(22)23)12-7-9-13(10-8-12)24-20(27)25-14-3-1-4-15(26)11-14/h1-11,26H,21H2,(H3,22,23)(H2,24,25,27). The summed E-state index contributed by atoms with van der Waals surface area (Å²) in [5.74, 6) is -0.0312. The number of carbonyl (C=O) groups excluding carboxylic acids is 1. The molecule has 0 saturated heterocycles. The zero-order valence-electron chi connectivity index (χ0n) is 14.4. The predicted octanol–water partition coefficient (Wildman–Crippen LogP) is 3.57. The lowest BCUT2D eigenvalue weighted by Crippen LogP contribution is -2.19. The van der Waals surface area contributed by atoms with Crippen LogP contribution in [0.15, 0.2) is 66.7 Å². The molecule has 7 nitrogen and oxygen atoms in total. The second-order valence-corrected chi connectivity index (χ2v) is 5.89. The maximum absolute atomic E-state index is 12.1. The molecule has 0 aromatic heterocycles. The Balaban J connectivity index is 1.75. The van der Waals surface area contributed by atoms with E-state index >= 15 is 0 Å². The predicted molar refractivity (Wildman–Crippen MR) is 108 cm³/mol. The van der Waals surface area contributed by atoms with Crippen molar-refractivity contribution in [2.24, 2.45) is 5.73 Å². The molecule has 0 aliphatic carbocycles. The third-order valence-corrected chi connectivity index (χ3v) is 3.92. The van der Waals surface area contributed by atoms with Gasteiger partial charge in [-0.25, -0.2) is 4.79 Å². The Morgan fingerprint density at radius 1 is 0.926 bits per heavy atom. The molecule has 3 rings (SSSR count). The maximum Gasteiger partial charge on any atom is 0.323 e. The fourth-order valence-corrected chi connectivity index (χ4v) is 2.72. The lowest BCUT2D eigenvalue weighted by atomic mass is 9.97. The van der Waals surface area contributed by atoms with E-state index in [1.54, 1.807) is 36.4 Å². The van der Waals surface area contributed by atoms with Gasteiger partial charge in [-0.2, -0.15) is 0 Å². The summed E-state index contributed by atoms with van der Waals surface area (Å²) < 4.78 is 0. The number of nitrogens with one attached hydrogen (secondary N) is 3. The van der Waals surface area contributed by atoms with Crippen LogP contribution in [0.4, 0.5) is 21.9 Å². The van der Waals surface area contributed by atoms with E-state index in [0.717, 1.165) is 11.1 Å².